The molecule has 2 aromatic heterocycles. The molecule has 2 aliphatic heterocycles. The Kier molecular flexibility index (Phi) is 7.79. The molecule has 0 unspecified atom stereocenters. The number of nitrogens with one attached hydrogen (secondary N) is 1. The zero-order valence-electron chi connectivity index (χ0n) is 22.6. The number of hydrogen-bond donors (Lipinski definition) is 1. The predicted molar refractivity (Wildman–Crippen MR) is 144 cm³/mol. The van der Waals surface area contributed by atoms with Gasteiger partial charge in [0.1, 0.15) is 10.4 Å². The van der Waals surface area contributed by atoms with E-state index in [0.717, 1.165) is 85.6 Å². The Balaban J connectivity index is 1.11. The lowest BCUT2D eigenvalue weighted by Gasteiger charge is -2.42. The fourth-order valence-electron chi connectivity index (χ4n) is 5.80. The molecule has 0 radical (unpaired) electrons. The number of rotatable bonds is 4. The summed E-state index contributed by atoms with van der Waals surface area (Å²) >= 11 is 1.56. The number of piperazine rings is 1. The van der Waals surface area contributed by atoms with E-state index in [4.69, 9.17) is 14.6 Å². The molecular weight excluding hydrogens is 490 g/mol. The predicted octanol–water partition coefficient (Wildman–Crippen LogP) is 4.35. The Labute approximate surface area is 223 Å². The quantitative estimate of drug-likeness (QED) is 0.631. The van der Waals surface area contributed by atoms with Crippen molar-refractivity contribution in [1.29, 1.82) is 0 Å². The monoisotopic (exact) mass is 531 g/mol. The van der Waals surface area contributed by atoms with Gasteiger partial charge in [0.25, 0.3) is 5.91 Å². The first-order valence-corrected chi connectivity index (χ1v) is 14.6. The van der Waals surface area contributed by atoms with Gasteiger partial charge in [-0.1, -0.05) is 0 Å². The molecule has 2 aromatic rings. The number of aromatic nitrogens is 2. The summed E-state index contributed by atoms with van der Waals surface area (Å²) in [6.07, 6.45) is 5.84. The van der Waals surface area contributed by atoms with Crippen molar-refractivity contribution in [3.63, 3.8) is 0 Å². The molecule has 37 heavy (non-hydrogen) atoms. The Morgan fingerprint density at radius 1 is 1.03 bits per heavy atom. The van der Waals surface area contributed by atoms with Gasteiger partial charge in [0.05, 0.1) is 16.6 Å². The number of nitrogens with zero attached hydrogens (tertiary/aromatic N) is 4. The van der Waals surface area contributed by atoms with E-state index in [9.17, 15) is 9.59 Å². The van der Waals surface area contributed by atoms with Crippen LogP contribution in [0.5, 0.6) is 0 Å². The molecule has 0 aromatic carbocycles. The van der Waals surface area contributed by atoms with Gasteiger partial charge in [-0.15, -0.1) is 11.3 Å². The summed E-state index contributed by atoms with van der Waals surface area (Å²) in [5.74, 6) is 0.0357. The molecule has 4 heterocycles. The van der Waals surface area contributed by atoms with E-state index in [2.05, 4.69) is 14.9 Å². The molecule has 0 spiro atoms. The molecular formula is C27H41N5O4S. The van der Waals surface area contributed by atoms with Crippen molar-refractivity contribution >= 4 is 33.6 Å². The van der Waals surface area contributed by atoms with E-state index >= 15 is 0 Å². The molecule has 1 N–H and O–H groups in total. The van der Waals surface area contributed by atoms with Crippen molar-refractivity contribution in [2.75, 3.05) is 39.4 Å². The van der Waals surface area contributed by atoms with Crippen molar-refractivity contribution in [2.24, 2.45) is 0 Å². The lowest BCUT2D eigenvalue weighted by Crippen LogP contribution is -2.54. The van der Waals surface area contributed by atoms with Gasteiger partial charge in [-0.2, -0.15) is 5.10 Å². The number of carbonyl (C=O) groups is 2. The smallest absolute Gasteiger partial charge is 0.410 e. The lowest BCUT2D eigenvalue weighted by atomic mass is 9.89. The van der Waals surface area contributed by atoms with Crippen LogP contribution in [0, 0.1) is 6.92 Å². The molecule has 0 bridgehead atoms. The van der Waals surface area contributed by atoms with Gasteiger partial charge in [0.2, 0.25) is 0 Å². The number of amides is 2. The highest BCUT2D eigenvalue weighted by molar-refractivity contribution is 7.20. The molecule has 3 aliphatic rings. The van der Waals surface area contributed by atoms with Crippen LogP contribution >= 0.6 is 11.3 Å². The molecule has 204 valence electrons. The highest BCUT2D eigenvalue weighted by Gasteiger charge is 2.32. The summed E-state index contributed by atoms with van der Waals surface area (Å²) in [6.45, 7) is 12.5. The van der Waals surface area contributed by atoms with E-state index in [-0.39, 0.29) is 18.0 Å². The third kappa shape index (κ3) is 6.12. The summed E-state index contributed by atoms with van der Waals surface area (Å²) in [4.78, 5) is 31.7. The van der Waals surface area contributed by atoms with E-state index in [0.29, 0.717) is 25.2 Å². The molecule has 1 saturated carbocycles. The summed E-state index contributed by atoms with van der Waals surface area (Å²) in [5.41, 5.74) is 0.528. The second-order valence-corrected chi connectivity index (χ2v) is 12.7. The zero-order chi connectivity index (χ0) is 26.2. The molecule has 3 fully saturated rings. The normalized spacial score (nSPS) is 24.4. The summed E-state index contributed by atoms with van der Waals surface area (Å²) in [6, 6.07) is 3.10. The summed E-state index contributed by atoms with van der Waals surface area (Å²) in [5, 5.41) is 9.18. The van der Waals surface area contributed by atoms with Gasteiger partial charge >= 0.3 is 6.09 Å². The largest absolute Gasteiger partial charge is 0.444 e. The van der Waals surface area contributed by atoms with Crippen LogP contribution in [0.4, 0.5) is 4.79 Å². The van der Waals surface area contributed by atoms with Crippen LogP contribution in [0.2, 0.25) is 0 Å². The van der Waals surface area contributed by atoms with Crippen LogP contribution in [0.3, 0.4) is 0 Å². The van der Waals surface area contributed by atoms with Gasteiger partial charge in [0.15, 0.2) is 0 Å². The minimum atomic E-state index is -0.461. The first kappa shape index (κ1) is 26.4. The first-order chi connectivity index (χ1) is 17.7. The second-order valence-electron chi connectivity index (χ2n) is 11.7. The Morgan fingerprint density at radius 3 is 2.35 bits per heavy atom. The number of aryl methyl sites for hydroxylation is 1. The van der Waals surface area contributed by atoms with Crippen molar-refractivity contribution in [3.8, 4) is 0 Å². The van der Waals surface area contributed by atoms with Crippen LogP contribution in [-0.2, 0) is 9.47 Å². The number of hydrogen-bond acceptors (Lipinski definition) is 7. The van der Waals surface area contributed by atoms with Crippen LogP contribution in [0.15, 0.2) is 6.07 Å². The van der Waals surface area contributed by atoms with Gasteiger partial charge in [-0.25, -0.2) is 4.79 Å². The third-order valence-corrected chi connectivity index (χ3v) is 8.97. The summed E-state index contributed by atoms with van der Waals surface area (Å²) < 4.78 is 13.2. The van der Waals surface area contributed by atoms with Crippen molar-refractivity contribution in [1.82, 2.24) is 24.9 Å². The maximum absolute atomic E-state index is 13.2. The van der Waals surface area contributed by atoms with Gasteiger partial charge in [0, 0.05) is 56.9 Å². The van der Waals surface area contributed by atoms with E-state index in [1.54, 1.807) is 11.3 Å². The van der Waals surface area contributed by atoms with E-state index in [1.165, 1.54) is 0 Å². The topological polar surface area (TPSA) is 88.9 Å². The van der Waals surface area contributed by atoms with Gasteiger partial charge in [-0.05, 0) is 72.3 Å². The molecule has 2 saturated heterocycles. The Hall–Kier alpha value is -2.17. The van der Waals surface area contributed by atoms with Crippen LogP contribution in [-0.4, -0.2) is 88.7 Å². The van der Waals surface area contributed by atoms with Crippen molar-refractivity contribution in [2.45, 2.75) is 89.9 Å². The highest BCUT2D eigenvalue weighted by atomic mass is 32.1. The average molecular weight is 532 g/mol. The second kappa shape index (κ2) is 10.9. The van der Waals surface area contributed by atoms with E-state index in [1.807, 2.05) is 38.7 Å². The fourth-order valence-corrected chi connectivity index (χ4v) is 6.94. The SMILES string of the molecule is Cc1nn(C2CCOCC2)c2sc(C(=O)N[C@H]3CC[C@@H](N4CCN(C(=O)OC(C)(C)C)CC4)CC3)cc12. The van der Waals surface area contributed by atoms with Crippen molar-refractivity contribution < 1.29 is 19.1 Å². The highest BCUT2D eigenvalue weighted by Crippen LogP contribution is 2.33. The number of fused-ring (bicyclic) bond motifs is 1. The number of ether oxygens (including phenoxy) is 2. The molecule has 9 nitrogen and oxygen atoms in total. The zero-order valence-corrected chi connectivity index (χ0v) is 23.4. The van der Waals surface area contributed by atoms with Gasteiger partial charge < -0.3 is 19.7 Å². The van der Waals surface area contributed by atoms with Crippen LogP contribution < -0.4 is 5.32 Å². The van der Waals surface area contributed by atoms with E-state index < -0.39 is 5.60 Å². The molecule has 1 aliphatic carbocycles. The first-order valence-electron chi connectivity index (χ1n) is 13.8. The Bertz CT molecular complexity index is 1100. The third-order valence-electron chi connectivity index (χ3n) is 7.84. The number of carbonyl (C=O) groups excluding carboxylic acids is 2. The Morgan fingerprint density at radius 2 is 1.70 bits per heavy atom. The minimum absolute atomic E-state index is 0.0357. The molecule has 10 heteroatoms. The van der Waals surface area contributed by atoms with Gasteiger partial charge in [-0.3, -0.25) is 14.4 Å². The maximum atomic E-state index is 13.2. The molecule has 2 amide bonds. The van der Waals surface area contributed by atoms with Crippen LogP contribution in [0.25, 0.3) is 10.2 Å². The van der Waals surface area contributed by atoms with Crippen molar-refractivity contribution in [3.05, 3.63) is 16.6 Å². The molecule has 5 rings (SSSR count). The fraction of sp³-hybridized carbons (Fsp3) is 0.741. The summed E-state index contributed by atoms with van der Waals surface area (Å²) in [7, 11) is 0. The standard InChI is InChI=1S/C27H41N5O4S/c1-18-22-17-23(37-25(22)32(29-18)21-9-15-35-16-10-21)24(33)28-19-5-7-20(8-6-19)30-11-13-31(14-12-30)26(34)36-27(2,3)4/h17,19-21H,5-16H2,1-4H3,(H,28,33)/t19-,20+. The maximum Gasteiger partial charge on any atom is 0.410 e. The molecule has 0 atom stereocenters. The minimum Gasteiger partial charge on any atom is -0.444 e. The lowest BCUT2D eigenvalue weighted by molar-refractivity contribution is 0.00775. The number of thiophene rings is 1. The van der Waals surface area contributed by atoms with Crippen LogP contribution in [0.1, 0.15) is 80.7 Å². The average Bonchev–Trinajstić information content (AvgIpc) is 3.45.